The molecule has 27 heavy (non-hydrogen) atoms. The molecule has 0 saturated carbocycles. The molecular formula is C21H30FN3O2. The fourth-order valence-electron chi connectivity index (χ4n) is 2.67. The number of allylic oxidation sites excluding steroid dienone is 2. The lowest BCUT2D eigenvalue weighted by atomic mass is 10.0. The third-order valence-corrected chi connectivity index (χ3v) is 3.96. The molecule has 3 rings (SSSR count). The van der Waals surface area contributed by atoms with Crippen molar-refractivity contribution in [1.82, 2.24) is 0 Å². The number of aliphatic hydroxyl groups excluding tert-OH is 1. The maximum Gasteiger partial charge on any atom is 0.153 e. The molecule has 5 nitrogen and oxygen atoms in total. The number of nitrogens with one attached hydrogen (secondary N) is 1. The lowest BCUT2D eigenvalue weighted by molar-refractivity contribution is 0.246. The summed E-state index contributed by atoms with van der Waals surface area (Å²) in [5.41, 5.74) is 2.08. The van der Waals surface area contributed by atoms with Crippen molar-refractivity contribution in [2.24, 2.45) is 9.98 Å². The predicted molar refractivity (Wildman–Crippen MR) is 111 cm³/mol. The molecule has 0 bridgehead atoms. The molecule has 0 saturated heterocycles. The van der Waals surface area contributed by atoms with Crippen LogP contribution in [0.15, 0.2) is 51.4 Å². The molecule has 1 atom stereocenters. The molecule has 148 valence electrons. The van der Waals surface area contributed by atoms with Gasteiger partial charge in [-0.1, -0.05) is 27.7 Å². The van der Waals surface area contributed by atoms with E-state index in [1.807, 2.05) is 27.7 Å². The number of ether oxygens (including phenoxy) is 1. The Kier molecular flexibility index (Phi) is 9.26. The lowest BCUT2D eigenvalue weighted by Gasteiger charge is -2.20. The zero-order chi connectivity index (χ0) is 20.4. The molecular weight excluding hydrogens is 345 g/mol. The molecule has 0 radical (unpaired) electrons. The molecule has 1 unspecified atom stereocenters. The van der Waals surface area contributed by atoms with Crippen molar-refractivity contribution in [1.29, 1.82) is 0 Å². The molecule has 0 fully saturated rings. The summed E-state index contributed by atoms with van der Waals surface area (Å²) in [6.45, 7) is 9.71. The fourth-order valence-corrected chi connectivity index (χ4v) is 2.67. The van der Waals surface area contributed by atoms with Gasteiger partial charge in [0.05, 0.1) is 13.2 Å². The summed E-state index contributed by atoms with van der Waals surface area (Å²) in [5.74, 6) is 0.977. The minimum Gasteiger partial charge on any atom is -0.504 e. The SMILES string of the molecule is CC.CC.COC1=C(O)C=C2C(Nc3ccc(F)c(C)c3)=NC=NC2CC1. The van der Waals surface area contributed by atoms with E-state index < -0.39 is 0 Å². The first kappa shape index (κ1) is 22.4. The number of aryl methyl sites for hydroxylation is 1. The molecule has 1 heterocycles. The summed E-state index contributed by atoms with van der Waals surface area (Å²) in [7, 11) is 1.54. The molecule has 0 spiro atoms. The number of amidine groups is 1. The average molecular weight is 375 g/mol. The Balaban J connectivity index is 0.000000855. The lowest BCUT2D eigenvalue weighted by Crippen LogP contribution is -2.26. The summed E-state index contributed by atoms with van der Waals surface area (Å²) in [5, 5.41) is 13.3. The second-order valence-corrected chi connectivity index (χ2v) is 5.50. The smallest absolute Gasteiger partial charge is 0.153 e. The van der Waals surface area contributed by atoms with E-state index in [4.69, 9.17) is 4.74 Å². The molecule has 0 amide bonds. The van der Waals surface area contributed by atoms with Gasteiger partial charge in [-0.05, 0) is 43.2 Å². The molecule has 1 aliphatic heterocycles. The molecule has 2 aliphatic rings. The van der Waals surface area contributed by atoms with Gasteiger partial charge in [0.2, 0.25) is 0 Å². The van der Waals surface area contributed by atoms with Crippen LogP contribution in [0.4, 0.5) is 10.1 Å². The zero-order valence-electron chi connectivity index (χ0n) is 17.0. The third-order valence-electron chi connectivity index (χ3n) is 3.96. The number of halogens is 1. The highest BCUT2D eigenvalue weighted by molar-refractivity contribution is 6.12. The van der Waals surface area contributed by atoms with Gasteiger partial charge >= 0.3 is 0 Å². The highest BCUT2D eigenvalue weighted by Gasteiger charge is 2.26. The fraction of sp³-hybridized carbons (Fsp3) is 0.429. The van der Waals surface area contributed by atoms with Crippen molar-refractivity contribution in [2.45, 2.75) is 53.5 Å². The Hall–Kier alpha value is -2.63. The molecule has 2 N–H and O–H groups in total. The molecule has 1 aromatic carbocycles. The van der Waals surface area contributed by atoms with E-state index in [1.54, 1.807) is 25.1 Å². The van der Waals surface area contributed by atoms with Crippen molar-refractivity contribution >= 4 is 17.9 Å². The summed E-state index contributed by atoms with van der Waals surface area (Å²) in [6, 6.07) is 4.69. The maximum atomic E-state index is 13.4. The van der Waals surface area contributed by atoms with Crippen LogP contribution in [0, 0.1) is 12.7 Å². The second kappa shape index (κ2) is 11.2. The van der Waals surface area contributed by atoms with Crippen molar-refractivity contribution in [2.75, 3.05) is 12.4 Å². The topological polar surface area (TPSA) is 66.2 Å². The van der Waals surface area contributed by atoms with Crippen LogP contribution in [-0.4, -0.2) is 30.4 Å². The molecule has 6 heteroatoms. The van der Waals surface area contributed by atoms with Crippen LogP contribution in [0.5, 0.6) is 0 Å². The average Bonchev–Trinajstić information content (AvgIpc) is 2.86. The number of anilines is 1. The van der Waals surface area contributed by atoms with Crippen molar-refractivity contribution < 1.29 is 14.2 Å². The van der Waals surface area contributed by atoms with Crippen molar-refractivity contribution in [3.05, 3.63) is 52.7 Å². The highest BCUT2D eigenvalue weighted by Crippen LogP contribution is 2.27. The van der Waals surface area contributed by atoms with Gasteiger partial charge in [0.25, 0.3) is 0 Å². The third kappa shape index (κ3) is 5.67. The van der Waals surface area contributed by atoms with Gasteiger partial charge in [-0.2, -0.15) is 0 Å². The van der Waals surface area contributed by atoms with Crippen LogP contribution < -0.4 is 5.32 Å². The maximum absolute atomic E-state index is 13.4. The van der Waals surface area contributed by atoms with Gasteiger partial charge in [0.1, 0.15) is 23.8 Å². The number of aliphatic imine (C=N–C) groups is 2. The van der Waals surface area contributed by atoms with E-state index in [0.29, 0.717) is 23.6 Å². The first-order chi connectivity index (χ1) is 13.1. The Morgan fingerprint density at radius 1 is 1.22 bits per heavy atom. The number of aliphatic hydroxyl groups is 1. The van der Waals surface area contributed by atoms with E-state index in [2.05, 4.69) is 15.3 Å². The van der Waals surface area contributed by atoms with Crippen LogP contribution in [0.2, 0.25) is 0 Å². The Morgan fingerprint density at radius 3 is 2.56 bits per heavy atom. The number of rotatable bonds is 2. The number of nitrogens with zero attached hydrogens (tertiary/aromatic N) is 2. The van der Waals surface area contributed by atoms with E-state index in [0.717, 1.165) is 17.7 Å². The largest absolute Gasteiger partial charge is 0.504 e. The molecule has 0 aromatic heterocycles. The van der Waals surface area contributed by atoms with E-state index in [9.17, 15) is 9.50 Å². The van der Waals surface area contributed by atoms with Crippen LogP contribution in [0.25, 0.3) is 0 Å². The van der Waals surface area contributed by atoms with Gasteiger partial charge in [0, 0.05) is 17.7 Å². The van der Waals surface area contributed by atoms with Gasteiger partial charge in [-0.15, -0.1) is 0 Å². The van der Waals surface area contributed by atoms with Crippen LogP contribution in [0.3, 0.4) is 0 Å². The minimum atomic E-state index is -0.250. The summed E-state index contributed by atoms with van der Waals surface area (Å²) in [4.78, 5) is 8.63. The second-order valence-electron chi connectivity index (χ2n) is 5.50. The van der Waals surface area contributed by atoms with Gasteiger partial charge < -0.3 is 15.2 Å². The summed E-state index contributed by atoms with van der Waals surface area (Å²) >= 11 is 0. The van der Waals surface area contributed by atoms with Gasteiger partial charge in [-0.25, -0.2) is 9.38 Å². The number of fused-ring (bicyclic) bond motifs is 1. The van der Waals surface area contributed by atoms with Crippen LogP contribution in [-0.2, 0) is 4.74 Å². The summed E-state index contributed by atoms with van der Waals surface area (Å²) < 4.78 is 18.6. The zero-order valence-corrected chi connectivity index (χ0v) is 17.0. The van der Waals surface area contributed by atoms with Gasteiger partial charge in [0.15, 0.2) is 5.76 Å². The van der Waals surface area contributed by atoms with Crippen molar-refractivity contribution in [3.63, 3.8) is 0 Å². The minimum absolute atomic E-state index is 0.0897. The van der Waals surface area contributed by atoms with Crippen LogP contribution >= 0.6 is 0 Å². The standard InChI is InChI=1S/C17H18FN3O2.2C2H6/c1-10-7-11(3-4-13(10)18)21-17-12-8-15(22)16(23-2)6-5-14(12)19-9-20-17;2*1-2/h3-4,7-9,14,22H,5-6H2,1-2H3,(H,19,20,21);2*1-2H3. The summed E-state index contributed by atoms with van der Waals surface area (Å²) in [6.07, 6.45) is 4.47. The normalized spacial score (nSPS) is 17.8. The number of benzene rings is 1. The Morgan fingerprint density at radius 2 is 1.93 bits per heavy atom. The number of hydrogen-bond acceptors (Lipinski definition) is 5. The predicted octanol–water partition coefficient (Wildman–Crippen LogP) is 5.54. The van der Waals surface area contributed by atoms with Gasteiger partial charge in [-0.3, -0.25) is 4.99 Å². The first-order valence-electron chi connectivity index (χ1n) is 9.39. The number of hydrogen-bond donors (Lipinski definition) is 2. The monoisotopic (exact) mass is 375 g/mol. The van der Waals surface area contributed by atoms with Crippen LogP contribution in [0.1, 0.15) is 46.1 Å². The highest BCUT2D eigenvalue weighted by atomic mass is 19.1. The van der Waals surface area contributed by atoms with E-state index >= 15 is 0 Å². The number of methoxy groups -OCH3 is 1. The Bertz CT molecular complexity index is 752. The quantitative estimate of drug-likeness (QED) is 0.713. The Labute approximate surface area is 161 Å². The van der Waals surface area contributed by atoms with E-state index in [1.165, 1.54) is 19.5 Å². The molecule has 1 aromatic rings. The van der Waals surface area contributed by atoms with E-state index in [-0.39, 0.29) is 17.6 Å². The van der Waals surface area contributed by atoms with Crippen molar-refractivity contribution in [3.8, 4) is 0 Å². The first-order valence-corrected chi connectivity index (χ1v) is 9.39. The molecule has 1 aliphatic carbocycles.